The van der Waals surface area contributed by atoms with Crippen molar-refractivity contribution in [3.05, 3.63) is 28.2 Å². The molecule has 1 aliphatic rings. The maximum Gasteiger partial charge on any atom is 0.242 e. The van der Waals surface area contributed by atoms with Crippen molar-refractivity contribution in [1.82, 2.24) is 5.32 Å². The van der Waals surface area contributed by atoms with Gasteiger partial charge >= 0.3 is 0 Å². The van der Waals surface area contributed by atoms with E-state index in [1.165, 1.54) is 0 Å². The number of anilines is 1. The Labute approximate surface area is 116 Å². The first-order valence-electron chi connectivity index (χ1n) is 5.34. The van der Waals surface area contributed by atoms with Gasteiger partial charge in [-0.3, -0.25) is 4.79 Å². The lowest BCUT2D eigenvalue weighted by Gasteiger charge is -2.22. The maximum atomic E-state index is 13.5. The van der Waals surface area contributed by atoms with Crippen LogP contribution >= 0.6 is 27.7 Å². The molecule has 2 rings (SSSR count). The normalized spacial score (nSPS) is 19.6. The molecular weight excluding hydrogens is 326 g/mol. The summed E-state index contributed by atoms with van der Waals surface area (Å²) in [6, 6.07) is 1.51. The Morgan fingerprint density at radius 3 is 2.89 bits per heavy atom. The molecule has 3 nitrogen and oxygen atoms in total. The Bertz CT molecular complexity index is 443. The van der Waals surface area contributed by atoms with E-state index in [2.05, 4.69) is 26.6 Å². The van der Waals surface area contributed by atoms with Gasteiger partial charge in [-0.1, -0.05) is 0 Å². The van der Waals surface area contributed by atoms with Gasteiger partial charge in [-0.05, 0) is 22.0 Å². The van der Waals surface area contributed by atoms with Crippen LogP contribution in [-0.4, -0.2) is 30.0 Å². The summed E-state index contributed by atoms with van der Waals surface area (Å²) in [6.07, 6.45) is 0. The molecule has 1 fully saturated rings. The number of benzene rings is 1. The second-order valence-corrected chi connectivity index (χ2v) is 5.82. The van der Waals surface area contributed by atoms with Crippen LogP contribution < -0.4 is 10.6 Å². The summed E-state index contributed by atoms with van der Waals surface area (Å²) >= 11 is 4.69. The van der Waals surface area contributed by atoms with Crippen molar-refractivity contribution in [3.63, 3.8) is 0 Å². The summed E-state index contributed by atoms with van der Waals surface area (Å²) < 4.78 is 26.6. The van der Waals surface area contributed by atoms with Crippen molar-refractivity contribution in [3.8, 4) is 0 Å². The predicted octanol–water partition coefficient (Wildman–Crippen LogP) is 2.37. The molecule has 0 bridgehead atoms. The molecule has 7 heteroatoms. The van der Waals surface area contributed by atoms with Gasteiger partial charge in [0.1, 0.15) is 5.82 Å². The molecule has 1 saturated heterocycles. The van der Waals surface area contributed by atoms with E-state index in [4.69, 9.17) is 0 Å². The number of thioether (sulfide) groups is 1. The standard InChI is InChI=1S/C11H11BrF2N2OS/c12-7-3-6(13)4-8(14)10(7)16-11(17)9-5-18-2-1-15-9/h3-4,9,15H,1-2,5H2,(H,16,17). The summed E-state index contributed by atoms with van der Waals surface area (Å²) in [4.78, 5) is 11.9. The fourth-order valence-electron chi connectivity index (χ4n) is 1.61. The fourth-order valence-corrected chi connectivity index (χ4v) is 3.05. The van der Waals surface area contributed by atoms with E-state index >= 15 is 0 Å². The van der Waals surface area contributed by atoms with Gasteiger partial charge in [-0.25, -0.2) is 8.78 Å². The molecule has 1 amide bonds. The van der Waals surface area contributed by atoms with E-state index in [0.29, 0.717) is 5.75 Å². The van der Waals surface area contributed by atoms with Crippen molar-refractivity contribution < 1.29 is 13.6 Å². The molecule has 0 saturated carbocycles. The van der Waals surface area contributed by atoms with Crippen LogP contribution in [0.25, 0.3) is 0 Å². The van der Waals surface area contributed by atoms with Crippen LogP contribution in [0.15, 0.2) is 16.6 Å². The van der Waals surface area contributed by atoms with Crippen molar-refractivity contribution in [2.75, 3.05) is 23.4 Å². The highest BCUT2D eigenvalue weighted by molar-refractivity contribution is 9.10. The minimum Gasteiger partial charge on any atom is -0.321 e. The van der Waals surface area contributed by atoms with Crippen LogP contribution in [0.4, 0.5) is 14.5 Å². The summed E-state index contributed by atoms with van der Waals surface area (Å²) in [5.41, 5.74) is -0.0289. The van der Waals surface area contributed by atoms with Gasteiger partial charge in [0.05, 0.1) is 11.7 Å². The summed E-state index contributed by atoms with van der Waals surface area (Å²) in [6.45, 7) is 0.746. The largest absolute Gasteiger partial charge is 0.321 e. The number of carbonyl (C=O) groups is 1. The lowest BCUT2D eigenvalue weighted by molar-refractivity contribution is -0.117. The Balaban J connectivity index is 2.11. The van der Waals surface area contributed by atoms with Crippen molar-refractivity contribution in [1.29, 1.82) is 0 Å². The van der Waals surface area contributed by atoms with Gasteiger partial charge in [0, 0.05) is 28.6 Å². The third-order valence-electron chi connectivity index (χ3n) is 2.49. The minimum atomic E-state index is -0.793. The molecule has 0 aliphatic carbocycles. The summed E-state index contributed by atoms with van der Waals surface area (Å²) in [5.74, 6) is -0.194. The van der Waals surface area contributed by atoms with Crippen LogP contribution in [0.3, 0.4) is 0 Å². The van der Waals surface area contributed by atoms with Gasteiger partial charge < -0.3 is 10.6 Å². The molecule has 1 unspecified atom stereocenters. The smallest absolute Gasteiger partial charge is 0.242 e. The maximum absolute atomic E-state index is 13.5. The number of halogens is 3. The summed E-state index contributed by atoms with van der Waals surface area (Å²) in [5, 5.41) is 5.52. The molecule has 2 N–H and O–H groups in total. The zero-order chi connectivity index (χ0) is 13.1. The first kappa shape index (κ1) is 13.8. The van der Waals surface area contributed by atoms with Gasteiger partial charge in [0.2, 0.25) is 5.91 Å². The predicted molar refractivity (Wildman–Crippen MR) is 71.8 cm³/mol. The second kappa shape index (κ2) is 5.99. The van der Waals surface area contributed by atoms with Crippen LogP contribution in [0.2, 0.25) is 0 Å². The Morgan fingerprint density at radius 2 is 2.28 bits per heavy atom. The SMILES string of the molecule is O=C(Nc1c(F)cc(F)cc1Br)C1CSCCN1. The zero-order valence-corrected chi connectivity index (χ0v) is 11.7. The van der Waals surface area contributed by atoms with Gasteiger partial charge in [0.15, 0.2) is 5.82 Å². The van der Waals surface area contributed by atoms with Gasteiger partial charge in [-0.15, -0.1) is 0 Å². The fraction of sp³-hybridized carbons (Fsp3) is 0.364. The van der Waals surface area contributed by atoms with Crippen molar-refractivity contribution >= 4 is 39.3 Å². The molecule has 18 heavy (non-hydrogen) atoms. The van der Waals surface area contributed by atoms with Gasteiger partial charge in [0.25, 0.3) is 0 Å². The lowest BCUT2D eigenvalue weighted by atomic mass is 10.2. The zero-order valence-electron chi connectivity index (χ0n) is 9.30. The molecule has 0 spiro atoms. The number of nitrogens with one attached hydrogen (secondary N) is 2. The Morgan fingerprint density at radius 1 is 1.50 bits per heavy atom. The first-order valence-corrected chi connectivity index (χ1v) is 7.29. The van der Waals surface area contributed by atoms with E-state index in [-0.39, 0.29) is 22.1 Å². The Kier molecular flexibility index (Phi) is 4.58. The molecule has 98 valence electrons. The molecule has 1 atom stereocenters. The Hall–Kier alpha value is -0.660. The van der Waals surface area contributed by atoms with Crippen LogP contribution in [-0.2, 0) is 4.79 Å². The van der Waals surface area contributed by atoms with E-state index in [1.54, 1.807) is 11.8 Å². The molecule has 0 radical (unpaired) electrons. The molecule has 1 aliphatic heterocycles. The molecular formula is C11H11BrF2N2OS. The van der Waals surface area contributed by atoms with E-state index in [0.717, 1.165) is 24.4 Å². The topological polar surface area (TPSA) is 41.1 Å². The van der Waals surface area contributed by atoms with Gasteiger partial charge in [-0.2, -0.15) is 11.8 Å². The van der Waals surface area contributed by atoms with E-state index in [1.807, 2.05) is 0 Å². The second-order valence-electron chi connectivity index (χ2n) is 3.82. The van der Waals surface area contributed by atoms with Crippen LogP contribution in [0.1, 0.15) is 0 Å². The highest BCUT2D eigenvalue weighted by Crippen LogP contribution is 2.27. The summed E-state index contributed by atoms with van der Waals surface area (Å²) in [7, 11) is 0. The quantitative estimate of drug-likeness (QED) is 0.871. The molecule has 1 aromatic rings. The number of carbonyl (C=O) groups excluding carboxylic acids is 1. The third kappa shape index (κ3) is 3.21. The van der Waals surface area contributed by atoms with Crippen molar-refractivity contribution in [2.24, 2.45) is 0 Å². The van der Waals surface area contributed by atoms with E-state index in [9.17, 15) is 13.6 Å². The van der Waals surface area contributed by atoms with E-state index < -0.39 is 11.6 Å². The lowest BCUT2D eigenvalue weighted by Crippen LogP contribution is -2.46. The van der Waals surface area contributed by atoms with Crippen molar-refractivity contribution in [2.45, 2.75) is 6.04 Å². The molecule has 1 heterocycles. The average molecular weight is 337 g/mol. The highest BCUT2D eigenvalue weighted by Gasteiger charge is 2.22. The molecule has 0 aromatic heterocycles. The molecule has 1 aromatic carbocycles. The van der Waals surface area contributed by atoms with Crippen LogP contribution in [0.5, 0.6) is 0 Å². The number of amides is 1. The number of hydrogen-bond donors (Lipinski definition) is 2. The minimum absolute atomic E-state index is 0.0289. The number of hydrogen-bond acceptors (Lipinski definition) is 3. The number of rotatable bonds is 2. The van der Waals surface area contributed by atoms with Crippen LogP contribution in [0, 0.1) is 11.6 Å². The highest BCUT2D eigenvalue weighted by atomic mass is 79.9. The third-order valence-corrected chi connectivity index (χ3v) is 4.18. The average Bonchev–Trinajstić information content (AvgIpc) is 2.34. The monoisotopic (exact) mass is 336 g/mol. The first-order chi connectivity index (χ1) is 8.58.